The minimum Gasteiger partial charge on any atom is -0.352 e. The van der Waals surface area contributed by atoms with E-state index in [0.29, 0.717) is 10.6 Å². The number of nitrogens with one attached hydrogen (secondary N) is 2. The summed E-state index contributed by atoms with van der Waals surface area (Å²) < 4.78 is 38.3. The summed E-state index contributed by atoms with van der Waals surface area (Å²) in [5.41, 5.74) is 0.678. The van der Waals surface area contributed by atoms with Crippen molar-refractivity contribution >= 4 is 29.9 Å². The highest BCUT2D eigenvalue weighted by Crippen LogP contribution is 2.34. The molecule has 1 fully saturated rings. The molecule has 1 saturated heterocycles. The predicted octanol–water partition coefficient (Wildman–Crippen LogP) is 2.78. The molecule has 118 valence electrons. The van der Waals surface area contributed by atoms with Crippen molar-refractivity contribution in [3.05, 3.63) is 34.9 Å². The normalized spacial score (nSPS) is 21.7. The van der Waals surface area contributed by atoms with Crippen molar-refractivity contribution in [2.75, 3.05) is 13.1 Å². The van der Waals surface area contributed by atoms with Gasteiger partial charge in [-0.25, -0.2) is 0 Å². The molecule has 1 aliphatic rings. The first-order valence-electron chi connectivity index (χ1n) is 6.18. The zero-order valence-corrected chi connectivity index (χ0v) is 12.5. The first-order valence-corrected chi connectivity index (χ1v) is 6.56. The molecule has 0 spiro atoms. The Morgan fingerprint density at radius 3 is 2.62 bits per heavy atom. The molecule has 0 radical (unpaired) electrons. The van der Waals surface area contributed by atoms with Crippen molar-refractivity contribution in [3.63, 3.8) is 0 Å². The number of carbonyl (C=O) groups is 1. The SMILES string of the molecule is Cl.O=C(NCc1ccccc1Cl)[C@@H]1CNC[C@H]1C(F)(F)F. The first-order chi connectivity index (χ1) is 9.39. The van der Waals surface area contributed by atoms with Crippen LogP contribution < -0.4 is 10.6 Å². The lowest BCUT2D eigenvalue weighted by Gasteiger charge is -2.20. The highest BCUT2D eigenvalue weighted by Gasteiger charge is 2.49. The Kier molecular flexibility index (Phi) is 6.31. The third-order valence-corrected chi connectivity index (χ3v) is 3.75. The topological polar surface area (TPSA) is 41.1 Å². The van der Waals surface area contributed by atoms with E-state index in [9.17, 15) is 18.0 Å². The quantitative estimate of drug-likeness (QED) is 0.886. The molecule has 1 aromatic carbocycles. The largest absolute Gasteiger partial charge is 0.393 e. The summed E-state index contributed by atoms with van der Waals surface area (Å²) in [6.45, 7) is -0.0498. The zero-order valence-electron chi connectivity index (χ0n) is 10.9. The molecule has 1 aromatic rings. The molecule has 0 aromatic heterocycles. The van der Waals surface area contributed by atoms with Crippen LogP contribution in [0.25, 0.3) is 0 Å². The van der Waals surface area contributed by atoms with Crippen LogP contribution in [-0.4, -0.2) is 25.2 Å². The van der Waals surface area contributed by atoms with Crippen molar-refractivity contribution in [1.29, 1.82) is 0 Å². The molecular formula is C13H15Cl2F3N2O. The van der Waals surface area contributed by atoms with Crippen LogP contribution in [-0.2, 0) is 11.3 Å². The fraction of sp³-hybridized carbons (Fsp3) is 0.462. The number of carbonyl (C=O) groups excluding carboxylic acids is 1. The Morgan fingerprint density at radius 1 is 1.33 bits per heavy atom. The molecule has 1 amide bonds. The lowest BCUT2D eigenvalue weighted by molar-refractivity contribution is -0.182. The van der Waals surface area contributed by atoms with E-state index in [-0.39, 0.29) is 32.0 Å². The van der Waals surface area contributed by atoms with E-state index < -0.39 is 23.9 Å². The summed E-state index contributed by atoms with van der Waals surface area (Å²) in [5, 5.41) is 5.61. The van der Waals surface area contributed by atoms with Gasteiger partial charge in [-0.05, 0) is 11.6 Å². The van der Waals surface area contributed by atoms with Gasteiger partial charge in [-0.1, -0.05) is 29.8 Å². The molecule has 21 heavy (non-hydrogen) atoms. The number of rotatable bonds is 3. The number of amides is 1. The highest BCUT2D eigenvalue weighted by molar-refractivity contribution is 6.31. The van der Waals surface area contributed by atoms with Gasteiger partial charge in [0.2, 0.25) is 5.91 Å². The molecule has 3 nitrogen and oxygen atoms in total. The molecule has 0 aliphatic carbocycles. The lowest BCUT2D eigenvalue weighted by atomic mass is 9.94. The van der Waals surface area contributed by atoms with Crippen LogP contribution in [0.4, 0.5) is 13.2 Å². The van der Waals surface area contributed by atoms with Crippen LogP contribution in [0.5, 0.6) is 0 Å². The number of hydrogen-bond acceptors (Lipinski definition) is 2. The molecule has 0 saturated carbocycles. The van der Waals surface area contributed by atoms with E-state index in [4.69, 9.17) is 11.6 Å². The summed E-state index contributed by atoms with van der Waals surface area (Å²) in [4.78, 5) is 11.9. The Labute approximate surface area is 131 Å². The second-order valence-corrected chi connectivity index (χ2v) is 5.13. The van der Waals surface area contributed by atoms with Gasteiger partial charge in [-0.15, -0.1) is 12.4 Å². The number of benzene rings is 1. The van der Waals surface area contributed by atoms with Crippen LogP contribution in [0.15, 0.2) is 24.3 Å². The third-order valence-electron chi connectivity index (χ3n) is 3.38. The van der Waals surface area contributed by atoms with Gasteiger partial charge in [0.15, 0.2) is 0 Å². The number of halogens is 5. The third kappa shape index (κ3) is 4.49. The average Bonchev–Trinajstić information content (AvgIpc) is 2.86. The summed E-state index contributed by atoms with van der Waals surface area (Å²) >= 11 is 5.92. The molecular weight excluding hydrogens is 328 g/mol. The predicted molar refractivity (Wildman–Crippen MR) is 76.5 cm³/mol. The van der Waals surface area contributed by atoms with E-state index in [0.717, 1.165) is 0 Å². The van der Waals surface area contributed by atoms with Crippen LogP contribution >= 0.6 is 24.0 Å². The smallest absolute Gasteiger partial charge is 0.352 e. The second-order valence-electron chi connectivity index (χ2n) is 4.72. The average molecular weight is 343 g/mol. The first kappa shape index (κ1) is 18.1. The van der Waals surface area contributed by atoms with E-state index >= 15 is 0 Å². The fourth-order valence-electron chi connectivity index (χ4n) is 2.25. The van der Waals surface area contributed by atoms with Gasteiger partial charge >= 0.3 is 6.18 Å². The van der Waals surface area contributed by atoms with Crippen molar-refractivity contribution in [3.8, 4) is 0 Å². The minimum absolute atomic E-state index is 0. The van der Waals surface area contributed by atoms with Crippen LogP contribution in [0.2, 0.25) is 5.02 Å². The van der Waals surface area contributed by atoms with Crippen molar-refractivity contribution in [2.45, 2.75) is 12.7 Å². The summed E-state index contributed by atoms with van der Waals surface area (Å²) in [6, 6.07) is 6.88. The van der Waals surface area contributed by atoms with Gasteiger partial charge in [0, 0.05) is 24.7 Å². The second kappa shape index (κ2) is 7.33. The fourth-order valence-corrected chi connectivity index (χ4v) is 2.46. The standard InChI is InChI=1S/C13H14ClF3N2O.ClH/c14-11-4-2-1-3-8(11)5-19-12(20)9-6-18-7-10(9)13(15,16)17;/h1-4,9-10,18H,5-7H2,(H,19,20);1H/t9-,10-;/m1./s1. The number of hydrogen-bond donors (Lipinski definition) is 2. The van der Waals surface area contributed by atoms with Crippen LogP contribution in [0.3, 0.4) is 0 Å². The molecule has 8 heteroatoms. The molecule has 2 rings (SSSR count). The molecule has 0 bridgehead atoms. The lowest BCUT2D eigenvalue weighted by Crippen LogP contribution is -2.39. The van der Waals surface area contributed by atoms with Crippen LogP contribution in [0, 0.1) is 11.8 Å². The highest BCUT2D eigenvalue weighted by atomic mass is 35.5. The summed E-state index contributed by atoms with van der Waals surface area (Å²) in [6.07, 6.45) is -4.37. The Hall–Kier alpha value is -0.980. The molecule has 1 heterocycles. The molecule has 0 unspecified atom stereocenters. The summed E-state index contributed by atoms with van der Waals surface area (Å²) in [5.74, 6) is -3.32. The maximum absolute atomic E-state index is 12.8. The van der Waals surface area contributed by atoms with Crippen molar-refractivity contribution in [1.82, 2.24) is 10.6 Å². The number of alkyl halides is 3. The van der Waals surface area contributed by atoms with E-state index in [1.165, 1.54) is 0 Å². The zero-order chi connectivity index (χ0) is 14.8. The maximum Gasteiger partial charge on any atom is 0.393 e. The Balaban J connectivity index is 0.00000220. The van der Waals surface area contributed by atoms with Gasteiger partial charge in [-0.2, -0.15) is 13.2 Å². The van der Waals surface area contributed by atoms with E-state index in [1.807, 2.05) is 0 Å². The van der Waals surface area contributed by atoms with Gasteiger partial charge in [0.05, 0.1) is 11.8 Å². The Morgan fingerprint density at radius 2 is 2.00 bits per heavy atom. The summed E-state index contributed by atoms with van der Waals surface area (Å²) in [7, 11) is 0. The molecule has 2 atom stereocenters. The van der Waals surface area contributed by atoms with Gasteiger partial charge in [-0.3, -0.25) is 4.79 Å². The van der Waals surface area contributed by atoms with Crippen molar-refractivity contribution < 1.29 is 18.0 Å². The van der Waals surface area contributed by atoms with Gasteiger partial charge < -0.3 is 10.6 Å². The van der Waals surface area contributed by atoms with Gasteiger partial charge in [0.1, 0.15) is 0 Å². The Bertz CT molecular complexity index is 497. The molecule has 2 N–H and O–H groups in total. The van der Waals surface area contributed by atoms with Crippen LogP contribution in [0.1, 0.15) is 5.56 Å². The van der Waals surface area contributed by atoms with Gasteiger partial charge in [0.25, 0.3) is 0 Å². The van der Waals surface area contributed by atoms with E-state index in [2.05, 4.69) is 10.6 Å². The van der Waals surface area contributed by atoms with E-state index in [1.54, 1.807) is 24.3 Å². The minimum atomic E-state index is -4.37. The monoisotopic (exact) mass is 342 g/mol. The maximum atomic E-state index is 12.8. The molecule has 1 aliphatic heterocycles. The van der Waals surface area contributed by atoms with Crippen molar-refractivity contribution in [2.24, 2.45) is 11.8 Å².